The number of carbonyl (C=O) groups is 2. The van der Waals surface area contributed by atoms with Crippen molar-refractivity contribution in [2.75, 3.05) is 20.2 Å². The van der Waals surface area contributed by atoms with Crippen LogP contribution in [-0.4, -0.2) is 57.9 Å². The van der Waals surface area contributed by atoms with Crippen LogP contribution in [0.1, 0.15) is 81.0 Å². The maximum Gasteiger partial charge on any atom is 0.410 e. The summed E-state index contributed by atoms with van der Waals surface area (Å²) in [5.41, 5.74) is 3.15. The van der Waals surface area contributed by atoms with Crippen molar-refractivity contribution in [3.8, 4) is 11.1 Å². The summed E-state index contributed by atoms with van der Waals surface area (Å²) in [7, 11) is 1.31. The fraction of sp³-hybridized carbons (Fsp3) is 0.481. The largest absolute Gasteiger partial charge is 0.464 e. The quantitative estimate of drug-likeness (QED) is 0.459. The van der Waals surface area contributed by atoms with E-state index in [0.29, 0.717) is 42.7 Å². The highest BCUT2D eigenvalue weighted by molar-refractivity contribution is 6.02. The predicted molar refractivity (Wildman–Crippen MR) is 134 cm³/mol. The number of pyridine rings is 1. The summed E-state index contributed by atoms with van der Waals surface area (Å²) in [6, 6.07) is 6.04. The molecule has 0 aliphatic carbocycles. The molecule has 1 amide bonds. The van der Waals surface area contributed by atoms with E-state index < -0.39 is 11.6 Å². The second-order valence-electron chi connectivity index (χ2n) is 10.5. The molecule has 0 radical (unpaired) electrons. The van der Waals surface area contributed by atoms with Gasteiger partial charge in [-0.25, -0.2) is 19.0 Å². The van der Waals surface area contributed by atoms with Gasteiger partial charge in [0.05, 0.1) is 7.11 Å². The molecule has 1 saturated heterocycles. The third-order valence-corrected chi connectivity index (χ3v) is 6.41. The average Bonchev–Trinajstić information content (AvgIpc) is 3.26. The Morgan fingerprint density at radius 3 is 2.33 bits per heavy atom. The Morgan fingerprint density at radius 1 is 1.14 bits per heavy atom. The zero-order valence-corrected chi connectivity index (χ0v) is 21.6. The van der Waals surface area contributed by atoms with E-state index in [0.717, 1.165) is 16.6 Å². The molecule has 0 saturated carbocycles. The fourth-order valence-electron chi connectivity index (χ4n) is 4.76. The van der Waals surface area contributed by atoms with Crippen LogP contribution in [0.2, 0.25) is 0 Å². The zero-order chi connectivity index (χ0) is 26.2. The number of H-pyrrole nitrogens is 1. The van der Waals surface area contributed by atoms with Gasteiger partial charge in [-0.3, -0.25) is 5.10 Å². The number of aromatic nitrogens is 3. The topological polar surface area (TPSA) is 97.4 Å². The number of likely N-dealkylation sites (tertiary alicyclic amines) is 1. The molecule has 1 fully saturated rings. The molecule has 1 aromatic carbocycles. The summed E-state index contributed by atoms with van der Waals surface area (Å²) in [6.07, 6.45) is 0.993. The van der Waals surface area contributed by atoms with Crippen LogP contribution in [0.15, 0.2) is 24.3 Å². The molecule has 1 aliphatic rings. The minimum atomic E-state index is -0.585. The molecule has 36 heavy (non-hydrogen) atoms. The second kappa shape index (κ2) is 9.87. The number of methoxy groups -OCH3 is 1. The Kier molecular flexibility index (Phi) is 7.02. The van der Waals surface area contributed by atoms with E-state index in [1.54, 1.807) is 17.0 Å². The Balaban J connectivity index is 1.86. The number of fused-ring (bicyclic) bond motifs is 1. The molecule has 0 atom stereocenters. The molecule has 9 heteroatoms. The molecule has 192 valence electrons. The first-order chi connectivity index (χ1) is 17.0. The van der Waals surface area contributed by atoms with Gasteiger partial charge in [-0.2, -0.15) is 5.10 Å². The molecule has 1 aliphatic heterocycles. The van der Waals surface area contributed by atoms with Crippen LogP contribution in [-0.2, 0) is 9.47 Å². The number of nitrogens with one attached hydrogen (secondary N) is 1. The summed E-state index contributed by atoms with van der Waals surface area (Å²) in [4.78, 5) is 31.9. The number of amides is 1. The van der Waals surface area contributed by atoms with Crippen molar-refractivity contribution in [2.45, 2.75) is 64.9 Å². The molecule has 8 nitrogen and oxygen atoms in total. The fourth-order valence-corrected chi connectivity index (χ4v) is 4.76. The van der Waals surface area contributed by atoms with Gasteiger partial charge in [0.25, 0.3) is 0 Å². The number of piperidine rings is 1. The summed E-state index contributed by atoms with van der Waals surface area (Å²) in [5.74, 6) is -0.821. The highest BCUT2D eigenvalue weighted by Crippen LogP contribution is 2.43. The van der Waals surface area contributed by atoms with Crippen molar-refractivity contribution in [1.29, 1.82) is 0 Å². The lowest BCUT2D eigenvalue weighted by atomic mass is 9.81. The van der Waals surface area contributed by atoms with Crippen molar-refractivity contribution in [3.05, 3.63) is 47.0 Å². The van der Waals surface area contributed by atoms with Crippen molar-refractivity contribution < 1.29 is 23.5 Å². The van der Waals surface area contributed by atoms with Gasteiger partial charge in [0.1, 0.15) is 11.4 Å². The number of rotatable bonds is 4. The van der Waals surface area contributed by atoms with Crippen molar-refractivity contribution in [3.63, 3.8) is 0 Å². The predicted octanol–water partition coefficient (Wildman–Crippen LogP) is 5.79. The average molecular weight is 497 g/mol. The van der Waals surface area contributed by atoms with Crippen LogP contribution in [0, 0.1) is 5.82 Å². The summed E-state index contributed by atoms with van der Waals surface area (Å²) in [6.45, 7) is 10.7. The summed E-state index contributed by atoms with van der Waals surface area (Å²) in [5, 5.41) is 8.39. The van der Waals surface area contributed by atoms with E-state index in [2.05, 4.69) is 29.0 Å². The number of nitrogens with zero attached hydrogens (tertiary/aromatic N) is 3. The molecule has 0 unspecified atom stereocenters. The van der Waals surface area contributed by atoms with Gasteiger partial charge in [-0.1, -0.05) is 26.0 Å². The molecule has 3 heterocycles. The Hall–Kier alpha value is -3.49. The first kappa shape index (κ1) is 25.6. The van der Waals surface area contributed by atoms with Crippen LogP contribution in [0.25, 0.3) is 22.2 Å². The number of halogens is 1. The summed E-state index contributed by atoms with van der Waals surface area (Å²) < 4.78 is 24.5. The van der Waals surface area contributed by atoms with Crippen molar-refractivity contribution in [1.82, 2.24) is 20.1 Å². The lowest BCUT2D eigenvalue weighted by molar-refractivity contribution is 0.0205. The molecular weight excluding hydrogens is 463 g/mol. The van der Waals surface area contributed by atoms with Gasteiger partial charge in [0.15, 0.2) is 11.3 Å². The van der Waals surface area contributed by atoms with Crippen LogP contribution in [0.4, 0.5) is 9.18 Å². The van der Waals surface area contributed by atoms with E-state index in [4.69, 9.17) is 9.47 Å². The number of hydrogen-bond acceptors (Lipinski definition) is 6. The highest BCUT2D eigenvalue weighted by atomic mass is 19.1. The number of esters is 1. The third-order valence-electron chi connectivity index (χ3n) is 6.41. The number of aromatic amines is 1. The van der Waals surface area contributed by atoms with Gasteiger partial charge in [0.2, 0.25) is 0 Å². The SMILES string of the molecule is COC(=O)c1nc2n[nH]c(C(C)C)c2c(C2CCN(C(=O)OC(C)(C)C)CC2)c1-c1ccc(F)cc1. The lowest BCUT2D eigenvalue weighted by Crippen LogP contribution is -2.41. The molecule has 1 N–H and O–H groups in total. The molecule has 4 rings (SSSR count). The maximum absolute atomic E-state index is 13.8. The smallest absolute Gasteiger partial charge is 0.410 e. The Morgan fingerprint density at radius 2 is 1.78 bits per heavy atom. The van der Waals surface area contributed by atoms with E-state index in [1.165, 1.54) is 19.2 Å². The van der Waals surface area contributed by atoms with Crippen LogP contribution < -0.4 is 0 Å². The second-order valence-corrected chi connectivity index (χ2v) is 10.5. The van der Waals surface area contributed by atoms with Gasteiger partial charge in [0, 0.05) is 29.7 Å². The molecule has 2 aromatic heterocycles. The Bertz CT molecular complexity index is 1270. The molecule has 3 aromatic rings. The first-order valence-corrected chi connectivity index (χ1v) is 12.2. The number of ether oxygens (including phenoxy) is 2. The van der Waals surface area contributed by atoms with Crippen molar-refractivity contribution >= 4 is 23.1 Å². The summed E-state index contributed by atoms with van der Waals surface area (Å²) >= 11 is 0. The van der Waals surface area contributed by atoms with Gasteiger partial charge in [-0.05, 0) is 68.7 Å². The van der Waals surface area contributed by atoms with E-state index >= 15 is 0 Å². The van der Waals surface area contributed by atoms with Crippen LogP contribution >= 0.6 is 0 Å². The molecule has 0 bridgehead atoms. The molecule has 0 spiro atoms. The minimum absolute atomic E-state index is 0.00717. The van der Waals surface area contributed by atoms with Crippen LogP contribution in [0.5, 0.6) is 0 Å². The highest BCUT2D eigenvalue weighted by Gasteiger charge is 2.33. The Labute approximate surface area is 210 Å². The van der Waals surface area contributed by atoms with Crippen molar-refractivity contribution in [2.24, 2.45) is 0 Å². The van der Waals surface area contributed by atoms with Gasteiger partial charge >= 0.3 is 12.1 Å². The van der Waals surface area contributed by atoms with Gasteiger partial charge < -0.3 is 14.4 Å². The number of carbonyl (C=O) groups excluding carboxylic acids is 2. The number of benzene rings is 1. The monoisotopic (exact) mass is 496 g/mol. The maximum atomic E-state index is 13.8. The first-order valence-electron chi connectivity index (χ1n) is 12.2. The zero-order valence-electron chi connectivity index (χ0n) is 21.6. The van der Waals surface area contributed by atoms with E-state index in [1.807, 2.05) is 20.8 Å². The third kappa shape index (κ3) is 5.05. The standard InChI is InChI=1S/C27H33FN4O4/c1-15(2)22-21-19(17-11-13-32(14-12-17)26(34)36-27(3,4)5)20(16-7-9-18(28)10-8-16)23(25(33)35-6)29-24(21)31-30-22/h7-10,15,17H,11-14H2,1-6H3,(H,29,30,31). The molecular formula is C27H33FN4O4. The number of hydrogen-bond donors (Lipinski definition) is 1. The van der Waals surface area contributed by atoms with E-state index in [-0.39, 0.29) is 29.4 Å². The van der Waals surface area contributed by atoms with E-state index in [9.17, 15) is 14.0 Å². The normalized spacial score (nSPS) is 14.9. The van der Waals surface area contributed by atoms with Gasteiger partial charge in [-0.15, -0.1) is 0 Å². The lowest BCUT2D eigenvalue weighted by Gasteiger charge is -2.34. The van der Waals surface area contributed by atoms with Crippen LogP contribution in [0.3, 0.4) is 0 Å². The minimum Gasteiger partial charge on any atom is -0.464 e.